The maximum absolute atomic E-state index is 13.4. The molecular formula is C27H33N3O5. The third-order valence-electron chi connectivity index (χ3n) is 6.49. The Morgan fingerprint density at radius 3 is 2.66 bits per heavy atom. The fourth-order valence-electron chi connectivity index (χ4n) is 4.64. The number of likely N-dealkylation sites (N-methyl/N-ethyl adjacent to an activating group) is 1. The lowest BCUT2D eigenvalue weighted by Gasteiger charge is -2.42. The summed E-state index contributed by atoms with van der Waals surface area (Å²) in [7, 11) is 1.77. The molecule has 1 saturated heterocycles. The number of nitrogens with one attached hydrogen (secondary N) is 2. The number of fused-ring (bicyclic) bond motifs is 2. The molecule has 0 aromatic heterocycles. The van der Waals surface area contributed by atoms with E-state index in [-0.39, 0.29) is 49.0 Å². The van der Waals surface area contributed by atoms with Crippen molar-refractivity contribution < 1.29 is 23.9 Å². The first-order chi connectivity index (χ1) is 16.9. The van der Waals surface area contributed by atoms with E-state index in [1.165, 1.54) is 0 Å². The Hall–Kier alpha value is -3.39. The third-order valence-corrected chi connectivity index (χ3v) is 6.49. The Morgan fingerprint density at radius 2 is 1.89 bits per heavy atom. The van der Waals surface area contributed by atoms with Crippen LogP contribution in [0.4, 0.5) is 5.69 Å². The van der Waals surface area contributed by atoms with Crippen molar-refractivity contribution in [2.45, 2.75) is 57.3 Å². The van der Waals surface area contributed by atoms with Crippen LogP contribution < -0.4 is 15.4 Å². The molecule has 35 heavy (non-hydrogen) atoms. The van der Waals surface area contributed by atoms with Gasteiger partial charge >= 0.3 is 0 Å². The van der Waals surface area contributed by atoms with Gasteiger partial charge in [-0.2, -0.15) is 0 Å². The first-order valence-corrected chi connectivity index (χ1v) is 12.2. The molecule has 8 nitrogen and oxygen atoms in total. The number of anilines is 1. The zero-order valence-corrected chi connectivity index (χ0v) is 20.3. The van der Waals surface area contributed by atoms with Gasteiger partial charge in [-0.05, 0) is 43.0 Å². The molecule has 2 aromatic rings. The third kappa shape index (κ3) is 6.19. The van der Waals surface area contributed by atoms with Gasteiger partial charge in [-0.1, -0.05) is 37.3 Å². The summed E-state index contributed by atoms with van der Waals surface area (Å²) in [6.45, 7) is 2.95. The molecule has 4 rings (SSSR count). The molecule has 3 amide bonds. The predicted octanol–water partition coefficient (Wildman–Crippen LogP) is 3.16. The lowest BCUT2D eigenvalue weighted by molar-refractivity contribution is -0.134. The summed E-state index contributed by atoms with van der Waals surface area (Å²) in [5, 5.41) is 5.77. The topological polar surface area (TPSA) is 97.0 Å². The molecule has 2 aliphatic rings. The van der Waals surface area contributed by atoms with Crippen LogP contribution in [0.5, 0.6) is 5.75 Å². The van der Waals surface area contributed by atoms with Gasteiger partial charge in [0.05, 0.1) is 30.6 Å². The minimum Gasteiger partial charge on any atom is -0.490 e. The number of amides is 3. The van der Waals surface area contributed by atoms with Crippen molar-refractivity contribution in [3.05, 3.63) is 59.7 Å². The summed E-state index contributed by atoms with van der Waals surface area (Å²) in [6, 6.07) is 14.5. The van der Waals surface area contributed by atoms with Gasteiger partial charge in [0.2, 0.25) is 11.8 Å². The van der Waals surface area contributed by atoms with Gasteiger partial charge < -0.3 is 25.0 Å². The average molecular weight is 480 g/mol. The van der Waals surface area contributed by atoms with Crippen LogP contribution in [0.1, 0.15) is 48.5 Å². The van der Waals surface area contributed by atoms with Crippen molar-refractivity contribution in [2.24, 2.45) is 0 Å². The number of carbonyl (C=O) groups is 3. The highest BCUT2D eigenvalue weighted by Gasteiger charge is 2.39. The van der Waals surface area contributed by atoms with E-state index in [1.54, 1.807) is 30.1 Å². The second kappa shape index (κ2) is 11.4. The monoisotopic (exact) mass is 479 g/mol. The van der Waals surface area contributed by atoms with Gasteiger partial charge in [-0.15, -0.1) is 0 Å². The van der Waals surface area contributed by atoms with Gasteiger partial charge in [0.1, 0.15) is 18.5 Å². The molecule has 2 N–H and O–H groups in total. The highest BCUT2D eigenvalue weighted by atomic mass is 16.5. The molecule has 2 aromatic carbocycles. The molecule has 0 spiro atoms. The second-order valence-electron chi connectivity index (χ2n) is 9.14. The molecule has 2 aliphatic heterocycles. The van der Waals surface area contributed by atoms with E-state index in [9.17, 15) is 14.4 Å². The minimum absolute atomic E-state index is 0.0151. The van der Waals surface area contributed by atoms with Crippen molar-refractivity contribution in [2.75, 3.05) is 25.5 Å². The first-order valence-electron chi connectivity index (χ1n) is 12.2. The normalized spacial score (nSPS) is 21.6. The summed E-state index contributed by atoms with van der Waals surface area (Å²) in [4.78, 5) is 39.7. The van der Waals surface area contributed by atoms with Crippen LogP contribution in [0.15, 0.2) is 48.5 Å². The smallest absolute Gasteiger partial charge is 0.257 e. The zero-order valence-electron chi connectivity index (χ0n) is 20.3. The SMILES string of the molecule is CCCNC(=O)C[C@@H]1CC[C@@H]2[C@@H](COc3ccc(NC(=O)Cc4ccccc4)cc3C(=O)N2C)O1. The lowest BCUT2D eigenvalue weighted by atomic mass is 9.94. The van der Waals surface area contributed by atoms with Crippen LogP contribution in [0, 0.1) is 0 Å². The molecule has 0 bridgehead atoms. The molecule has 1 fully saturated rings. The number of benzene rings is 2. The molecule has 186 valence electrons. The van der Waals surface area contributed by atoms with Crippen LogP contribution in [0.3, 0.4) is 0 Å². The fourth-order valence-corrected chi connectivity index (χ4v) is 4.64. The van der Waals surface area contributed by atoms with Gasteiger partial charge in [-0.25, -0.2) is 0 Å². The number of nitrogens with zero attached hydrogens (tertiary/aromatic N) is 1. The number of carbonyl (C=O) groups excluding carboxylic acids is 3. The van der Waals surface area contributed by atoms with Crippen molar-refractivity contribution in [3.8, 4) is 5.75 Å². The highest BCUT2D eigenvalue weighted by Crippen LogP contribution is 2.32. The van der Waals surface area contributed by atoms with Crippen LogP contribution in [-0.4, -0.2) is 61.1 Å². The number of hydrogen-bond donors (Lipinski definition) is 2. The van der Waals surface area contributed by atoms with Crippen LogP contribution in [0.2, 0.25) is 0 Å². The van der Waals surface area contributed by atoms with Crippen LogP contribution in [0.25, 0.3) is 0 Å². The Labute approximate surface area is 206 Å². The van der Waals surface area contributed by atoms with Crippen molar-refractivity contribution in [3.63, 3.8) is 0 Å². The maximum Gasteiger partial charge on any atom is 0.257 e. The molecule has 8 heteroatoms. The fraction of sp³-hybridized carbons (Fsp3) is 0.444. The molecule has 3 atom stereocenters. The summed E-state index contributed by atoms with van der Waals surface area (Å²) in [6.07, 6.45) is 2.36. The molecule has 0 saturated carbocycles. The van der Waals surface area contributed by atoms with E-state index in [2.05, 4.69) is 10.6 Å². The van der Waals surface area contributed by atoms with E-state index in [4.69, 9.17) is 9.47 Å². The van der Waals surface area contributed by atoms with Crippen LogP contribution in [-0.2, 0) is 20.7 Å². The Kier molecular flexibility index (Phi) is 8.02. The molecule has 0 radical (unpaired) electrons. The van der Waals surface area contributed by atoms with Crippen molar-refractivity contribution in [1.29, 1.82) is 0 Å². The minimum atomic E-state index is -0.319. The maximum atomic E-state index is 13.4. The number of ether oxygens (including phenoxy) is 2. The van der Waals surface area contributed by atoms with Crippen LogP contribution >= 0.6 is 0 Å². The number of rotatable bonds is 7. The first kappa shape index (κ1) is 24.7. The summed E-state index contributed by atoms with van der Waals surface area (Å²) >= 11 is 0. The van der Waals surface area contributed by atoms with Gasteiger partial charge in [-0.3, -0.25) is 14.4 Å². The van der Waals surface area contributed by atoms with Gasteiger partial charge in [0.25, 0.3) is 5.91 Å². The van der Waals surface area contributed by atoms with Crippen molar-refractivity contribution >= 4 is 23.4 Å². The van der Waals surface area contributed by atoms with E-state index in [0.29, 0.717) is 36.4 Å². The molecule has 2 heterocycles. The van der Waals surface area contributed by atoms with E-state index in [0.717, 1.165) is 18.4 Å². The summed E-state index contributed by atoms with van der Waals surface area (Å²) in [5.41, 5.74) is 1.87. The standard InChI is InChI=1S/C27H33N3O5/c1-3-13-28-25(31)16-20-10-11-22-24(35-20)17-34-23-12-9-19(15-21(23)27(33)30(22)2)29-26(32)14-18-7-5-4-6-8-18/h4-9,12,15,20,22,24H,3,10-11,13-14,16-17H2,1-2H3,(H,28,31)(H,29,32)/t20-,22+,24+/m0/s1. The van der Waals surface area contributed by atoms with Gasteiger partial charge in [0, 0.05) is 19.3 Å². The highest BCUT2D eigenvalue weighted by molar-refractivity contribution is 6.00. The summed E-state index contributed by atoms with van der Waals surface area (Å²) in [5.74, 6) is 0.0986. The lowest BCUT2D eigenvalue weighted by Crippen LogP contribution is -2.54. The summed E-state index contributed by atoms with van der Waals surface area (Å²) < 4.78 is 12.2. The molecule has 0 aliphatic carbocycles. The van der Waals surface area contributed by atoms with E-state index >= 15 is 0 Å². The van der Waals surface area contributed by atoms with E-state index in [1.807, 2.05) is 37.3 Å². The largest absolute Gasteiger partial charge is 0.490 e. The average Bonchev–Trinajstić information content (AvgIpc) is 2.86. The predicted molar refractivity (Wildman–Crippen MR) is 132 cm³/mol. The van der Waals surface area contributed by atoms with Crippen molar-refractivity contribution in [1.82, 2.24) is 10.2 Å². The Morgan fingerprint density at radius 1 is 1.09 bits per heavy atom. The Balaban J connectivity index is 1.43. The molecular weight excluding hydrogens is 446 g/mol. The van der Waals surface area contributed by atoms with E-state index < -0.39 is 0 Å². The Bertz CT molecular complexity index is 1060. The number of hydrogen-bond acceptors (Lipinski definition) is 5. The zero-order chi connectivity index (χ0) is 24.8. The second-order valence-corrected chi connectivity index (χ2v) is 9.14. The molecule has 0 unspecified atom stereocenters. The van der Waals surface area contributed by atoms with Gasteiger partial charge in [0.15, 0.2) is 0 Å². The quantitative estimate of drug-likeness (QED) is 0.636.